The van der Waals surface area contributed by atoms with Gasteiger partial charge in [-0.2, -0.15) is 0 Å². The van der Waals surface area contributed by atoms with Crippen LogP contribution in [0, 0.1) is 18.8 Å². The summed E-state index contributed by atoms with van der Waals surface area (Å²) in [6.45, 7) is 3.12. The fourth-order valence-electron chi connectivity index (χ4n) is 4.33. The van der Waals surface area contributed by atoms with Crippen LogP contribution in [-0.2, 0) is 22.4 Å². The van der Waals surface area contributed by atoms with Crippen molar-refractivity contribution in [2.45, 2.75) is 19.8 Å². The summed E-state index contributed by atoms with van der Waals surface area (Å²) >= 11 is 0. The van der Waals surface area contributed by atoms with Gasteiger partial charge in [0.25, 0.3) is 0 Å². The summed E-state index contributed by atoms with van der Waals surface area (Å²) in [5.41, 5.74) is 8.29. The Hall–Kier alpha value is -3.81. The normalized spacial score (nSPS) is 17.5. The van der Waals surface area contributed by atoms with Gasteiger partial charge in [-0.05, 0) is 49.1 Å². The Labute approximate surface area is 198 Å². The van der Waals surface area contributed by atoms with E-state index in [9.17, 15) is 9.59 Å². The monoisotopic (exact) mass is 463 g/mol. The first-order valence-corrected chi connectivity index (χ1v) is 11.3. The number of methoxy groups -OCH3 is 1. The summed E-state index contributed by atoms with van der Waals surface area (Å²) in [6, 6.07) is 17.1. The molecule has 0 saturated carbocycles. The molecule has 0 aliphatic carbocycles. The van der Waals surface area contributed by atoms with Crippen LogP contribution in [0.2, 0.25) is 0 Å². The quantitative estimate of drug-likeness (QED) is 0.511. The molecule has 8 heteroatoms. The summed E-state index contributed by atoms with van der Waals surface area (Å²) in [4.78, 5) is 29.8. The Balaban J connectivity index is 1.32. The maximum atomic E-state index is 12.1. The molecule has 2 amide bonds. The molecular formula is C26H29N3O5. The number of rotatable bonds is 8. The van der Waals surface area contributed by atoms with Crippen molar-refractivity contribution in [2.24, 2.45) is 17.6 Å². The lowest BCUT2D eigenvalue weighted by atomic mass is 9.90. The number of esters is 1. The third kappa shape index (κ3) is 5.39. The predicted molar refractivity (Wildman–Crippen MR) is 126 cm³/mol. The largest absolute Gasteiger partial charge is 0.493 e. The Bertz CT molecular complexity index is 1130. The van der Waals surface area contributed by atoms with Crippen LogP contribution in [0.1, 0.15) is 17.0 Å². The fraction of sp³-hybridized carbons (Fsp3) is 0.346. The van der Waals surface area contributed by atoms with Crippen molar-refractivity contribution in [1.82, 2.24) is 9.88 Å². The number of aromatic nitrogens is 1. The van der Waals surface area contributed by atoms with Gasteiger partial charge in [0, 0.05) is 25.1 Å². The number of urea groups is 1. The molecule has 0 radical (unpaired) electrons. The number of primary amides is 1. The second-order valence-corrected chi connectivity index (χ2v) is 8.47. The standard InChI is InChI=1S/C26H29N3O5/c1-17-23(28-24(34-17)19-6-4-3-5-7-19)12-13-33-21-10-8-18(9-11-21)14-20-15-29(26(27)31)16-22(20)25(30)32-2/h3-11,20,22H,12-16H2,1-2H3,(H2,27,31)/t20-,22+/m1/s1. The molecule has 1 aliphatic rings. The summed E-state index contributed by atoms with van der Waals surface area (Å²) in [5, 5.41) is 0. The van der Waals surface area contributed by atoms with Gasteiger partial charge in [-0.15, -0.1) is 0 Å². The number of hydrogen-bond acceptors (Lipinski definition) is 6. The minimum atomic E-state index is -0.515. The number of amides is 2. The topological polar surface area (TPSA) is 108 Å². The zero-order chi connectivity index (χ0) is 24.1. The van der Waals surface area contributed by atoms with Crippen molar-refractivity contribution in [3.05, 3.63) is 71.6 Å². The number of ether oxygens (including phenoxy) is 2. The molecule has 1 saturated heterocycles. The first kappa shape index (κ1) is 23.4. The number of nitrogens with zero attached hydrogens (tertiary/aromatic N) is 2. The third-order valence-corrected chi connectivity index (χ3v) is 6.20. The van der Waals surface area contributed by atoms with Gasteiger partial charge in [0.15, 0.2) is 0 Å². The number of aryl methyl sites for hydroxylation is 1. The van der Waals surface area contributed by atoms with Gasteiger partial charge < -0.3 is 24.5 Å². The first-order chi connectivity index (χ1) is 16.4. The Morgan fingerprint density at radius 3 is 2.53 bits per heavy atom. The third-order valence-electron chi connectivity index (χ3n) is 6.20. The molecule has 0 unspecified atom stereocenters. The van der Waals surface area contributed by atoms with Gasteiger partial charge in [-0.3, -0.25) is 4.79 Å². The highest BCUT2D eigenvalue weighted by Crippen LogP contribution is 2.28. The van der Waals surface area contributed by atoms with E-state index in [-0.39, 0.29) is 17.8 Å². The molecule has 2 heterocycles. The zero-order valence-corrected chi connectivity index (χ0v) is 19.4. The van der Waals surface area contributed by atoms with Crippen molar-refractivity contribution in [2.75, 3.05) is 26.8 Å². The second-order valence-electron chi connectivity index (χ2n) is 8.47. The highest BCUT2D eigenvalue weighted by molar-refractivity contribution is 5.77. The Kier molecular flexibility index (Phi) is 7.15. The maximum absolute atomic E-state index is 12.1. The average Bonchev–Trinajstić information content (AvgIpc) is 3.44. The van der Waals surface area contributed by atoms with Crippen LogP contribution in [0.25, 0.3) is 11.5 Å². The van der Waals surface area contributed by atoms with E-state index >= 15 is 0 Å². The van der Waals surface area contributed by atoms with Gasteiger partial charge in [0.05, 0.1) is 25.3 Å². The van der Waals surface area contributed by atoms with Crippen molar-refractivity contribution in [1.29, 1.82) is 0 Å². The van der Waals surface area contributed by atoms with E-state index in [0.29, 0.717) is 38.4 Å². The minimum Gasteiger partial charge on any atom is -0.493 e. The van der Waals surface area contributed by atoms with Gasteiger partial charge >= 0.3 is 12.0 Å². The Morgan fingerprint density at radius 2 is 1.85 bits per heavy atom. The van der Waals surface area contributed by atoms with E-state index in [0.717, 1.165) is 28.3 Å². The summed E-state index contributed by atoms with van der Waals surface area (Å²) in [6.07, 6.45) is 1.28. The number of carbonyl (C=O) groups is 2. The molecule has 1 aromatic heterocycles. The zero-order valence-electron chi connectivity index (χ0n) is 19.4. The molecule has 1 aliphatic heterocycles. The average molecular weight is 464 g/mol. The lowest BCUT2D eigenvalue weighted by molar-refractivity contribution is -0.146. The van der Waals surface area contributed by atoms with Gasteiger partial charge in [-0.25, -0.2) is 9.78 Å². The molecule has 4 rings (SSSR count). The summed E-state index contributed by atoms with van der Waals surface area (Å²) in [7, 11) is 1.36. The van der Waals surface area contributed by atoms with Crippen molar-refractivity contribution in [3.63, 3.8) is 0 Å². The number of benzene rings is 2. The molecule has 1 fully saturated rings. The van der Waals surface area contributed by atoms with E-state index in [4.69, 9.17) is 19.6 Å². The second kappa shape index (κ2) is 10.4. The number of carbonyl (C=O) groups excluding carboxylic acids is 2. The molecule has 0 bridgehead atoms. The number of nitrogens with two attached hydrogens (primary N) is 1. The molecule has 34 heavy (non-hydrogen) atoms. The molecule has 8 nitrogen and oxygen atoms in total. The molecule has 2 aromatic carbocycles. The van der Waals surface area contributed by atoms with Crippen LogP contribution in [-0.4, -0.2) is 48.7 Å². The molecule has 0 spiro atoms. The molecule has 2 N–H and O–H groups in total. The highest BCUT2D eigenvalue weighted by atomic mass is 16.5. The summed E-state index contributed by atoms with van der Waals surface area (Å²) < 4.78 is 16.6. The fourth-order valence-corrected chi connectivity index (χ4v) is 4.33. The SMILES string of the molecule is COC(=O)[C@H]1CN(C(N)=O)C[C@H]1Cc1ccc(OCCc2nc(-c3ccccc3)oc2C)cc1. The van der Waals surface area contributed by atoms with Crippen LogP contribution < -0.4 is 10.5 Å². The predicted octanol–water partition coefficient (Wildman–Crippen LogP) is 3.61. The van der Waals surface area contributed by atoms with Crippen molar-refractivity contribution in [3.8, 4) is 17.2 Å². The van der Waals surface area contributed by atoms with Crippen LogP contribution >= 0.6 is 0 Å². The van der Waals surface area contributed by atoms with E-state index in [2.05, 4.69) is 4.98 Å². The Morgan fingerprint density at radius 1 is 1.12 bits per heavy atom. The first-order valence-electron chi connectivity index (χ1n) is 11.3. The number of hydrogen-bond donors (Lipinski definition) is 1. The van der Waals surface area contributed by atoms with Gasteiger partial charge in [-0.1, -0.05) is 30.3 Å². The van der Waals surface area contributed by atoms with Crippen LogP contribution in [0.3, 0.4) is 0 Å². The van der Waals surface area contributed by atoms with E-state index < -0.39 is 6.03 Å². The smallest absolute Gasteiger partial charge is 0.314 e. The molecule has 2 atom stereocenters. The summed E-state index contributed by atoms with van der Waals surface area (Å²) in [5.74, 6) is 1.43. The molecule has 178 valence electrons. The van der Waals surface area contributed by atoms with Gasteiger partial charge in [0.1, 0.15) is 11.5 Å². The maximum Gasteiger partial charge on any atom is 0.314 e. The van der Waals surface area contributed by atoms with E-state index in [1.54, 1.807) is 0 Å². The highest BCUT2D eigenvalue weighted by Gasteiger charge is 2.39. The van der Waals surface area contributed by atoms with Crippen LogP contribution in [0.4, 0.5) is 4.79 Å². The van der Waals surface area contributed by atoms with Crippen LogP contribution in [0.15, 0.2) is 59.0 Å². The van der Waals surface area contributed by atoms with Gasteiger partial charge in [0.2, 0.25) is 5.89 Å². The number of oxazole rings is 1. The van der Waals surface area contributed by atoms with Crippen molar-refractivity contribution >= 4 is 12.0 Å². The van der Waals surface area contributed by atoms with E-state index in [1.807, 2.05) is 61.5 Å². The van der Waals surface area contributed by atoms with Crippen LogP contribution in [0.5, 0.6) is 5.75 Å². The minimum absolute atomic E-state index is 0.0410. The molecular weight excluding hydrogens is 434 g/mol. The number of likely N-dealkylation sites (tertiary alicyclic amines) is 1. The van der Waals surface area contributed by atoms with Crippen molar-refractivity contribution < 1.29 is 23.5 Å². The lowest BCUT2D eigenvalue weighted by Gasteiger charge is -2.16. The lowest BCUT2D eigenvalue weighted by Crippen LogP contribution is -2.34. The van der Waals surface area contributed by atoms with E-state index in [1.165, 1.54) is 12.0 Å². The molecule has 3 aromatic rings.